The predicted molar refractivity (Wildman–Crippen MR) is 102 cm³/mol. The Labute approximate surface area is 154 Å². The van der Waals surface area contributed by atoms with Gasteiger partial charge in [-0.05, 0) is 55.0 Å². The van der Waals surface area contributed by atoms with Gasteiger partial charge in [-0.25, -0.2) is 4.79 Å². The third kappa shape index (κ3) is 6.24. The number of aromatic carboxylic acids is 1. The van der Waals surface area contributed by atoms with Crippen molar-refractivity contribution in [2.45, 2.75) is 39.0 Å². The van der Waals surface area contributed by atoms with E-state index in [1.165, 1.54) is 37.8 Å². The SMILES string of the molecule is CCCCCCCOc1ccc(C(=O)Nc2ccc(C(=O)O)cc2)cc1. The number of anilines is 1. The van der Waals surface area contributed by atoms with E-state index in [-0.39, 0.29) is 11.5 Å². The maximum Gasteiger partial charge on any atom is 0.335 e. The van der Waals surface area contributed by atoms with Gasteiger partial charge >= 0.3 is 5.97 Å². The summed E-state index contributed by atoms with van der Waals surface area (Å²) in [5.74, 6) is -0.495. The molecule has 0 atom stereocenters. The summed E-state index contributed by atoms with van der Waals surface area (Å²) >= 11 is 0. The highest BCUT2D eigenvalue weighted by Crippen LogP contribution is 2.16. The van der Waals surface area contributed by atoms with Crippen LogP contribution < -0.4 is 10.1 Å². The molecule has 26 heavy (non-hydrogen) atoms. The topological polar surface area (TPSA) is 75.6 Å². The van der Waals surface area contributed by atoms with Crippen LogP contribution in [-0.2, 0) is 0 Å². The minimum absolute atomic E-state index is 0.180. The number of carbonyl (C=O) groups excluding carboxylic acids is 1. The van der Waals surface area contributed by atoms with Gasteiger partial charge in [0.25, 0.3) is 5.91 Å². The monoisotopic (exact) mass is 355 g/mol. The quantitative estimate of drug-likeness (QED) is 0.589. The lowest BCUT2D eigenvalue weighted by Crippen LogP contribution is -2.12. The summed E-state index contributed by atoms with van der Waals surface area (Å²) in [6, 6.07) is 13.0. The first-order valence-electron chi connectivity index (χ1n) is 8.97. The molecule has 1 amide bonds. The Balaban J connectivity index is 1.81. The molecule has 5 heteroatoms. The lowest BCUT2D eigenvalue weighted by molar-refractivity contribution is 0.0696. The number of carbonyl (C=O) groups is 2. The number of hydrogen-bond acceptors (Lipinski definition) is 3. The summed E-state index contributed by atoms with van der Waals surface area (Å²) in [6.45, 7) is 2.88. The summed E-state index contributed by atoms with van der Waals surface area (Å²) in [7, 11) is 0. The zero-order chi connectivity index (χ0) is 18.8. The molecule has 0 bridgehead atoms. The van der Waals surface area contributed by atoms with E-state index in [4.69, 9.17) is 9.84 Å². The number of rotatable bonds is 10. The van der Waals surface area contributed by atoms with Gasteiger partial charge in [0.15, 0.2) is 0 Å². The molecule has 0 saturated heterocycles. The van der Waals surface area contributed by atoms with Crippen LogP contribution in [0.1, 0.15) is 59.7 Å². The molecule has 2 rings (SSSR count). The van der Waals surface area contributed by atoms with Gasteiger partial charge in [-0.3, -0.25) is 4.79 Å². The molecule has 0 radical (unpaired) electrons. The number of carboxylic acid groups (broad SMARTS) is 1. The maximum atomic E-state index is 12.2. The third-order valence-corrected chi connectivity index (χ3v) is 4.02. The Morgan fingerprint density at radius 3 is 2.12 bits per heavy atom. The maximum absolute atomic E-state index is 12.2. The molecule has 0 fully saturated rings. The zero-order valence-corrected chi connectivity index (χ0v) is 15.0. The van der Waals surface area contributed by atoms with Crippen LogP contribution in [0.2, 0.25) is 0 Å². The third-order valence-electron chi connectivity index (χ3n) is 4.02. The fourth-order valence-corrected chi connectivity index (χ4v) is 2.50. The van der Waals surface area contributed by atoms with E-state index in [1.807, 2.05) is 0 Å². The Kier molecular flexibility index (Phi) is 7.68. The van der Waals surface area contributed by atoms with Crippen molar-refractivity contribution >= 4 is 17.6 Å². The molecule has 2 N–H and O–H groups in total. The van der Waals surface area contributed by atoms with Gasteiger partial charge < -0.3 is 15.2 Å². The summed E-state index contributed by atoms with van der Waals surface area (Å²) in [5, 5.41) is 11.6. The highest BCUT2D eigenvalue weighted by Gasteiger charge is 2.07. The fraction of sp³-hybridized carbons (Fsp3) is 0.333. The summed E-state index contributed by atoms with van der Waals surface area (Å²) in [6.07, 6.45) is 5.95. The van der Waals surface area contributed by atoms with Crippen molar-refractivity contribution in [2.75, 3.05) is 11.9 Å². The number of benzene rings is 2. The largest absolute Gasteiger partial charge is 0.494 e. The Morgan fingerprint density at radius 2 is 1.50 bits per heavy atom. The van der Waals surface area contributed by atoms with Crippen LogP contribution in [0.3, 0.4) is 0 Å². The molecule has 0 heterocycles. The molecular weight excluding hydrogens is 330 g/mol. The summed E-state index contributed by atoms with van der Waals surface area (Å²) < 4.78 is 5.69. The molecule has 0 saturated carbocycles. The smallest absolute Gasteiger partial charge is 0.335 e. The molecule has 0 aliphatic rings. The van der Waals surface area contributed by atoms with E-state index in [0.717, 1.165) is 12.2 Å². The molecule has 138 valence electrons. The van der Waals surface area contributed by atoms with E-state index in [0.29, 0.717) is 17.9 Å². The van der Waals surface area contributed by atoms with Crippen LogP contribution in [0.5, 0.6) is 5.75 Å². The lowest BCUT2D eigenvalue weighted by Gasteiger charge is -2.08. The first-order valence-corrected chi connectivity index (χ1v) is 8.97. The van der Waals surface area contributed by atoms with E-state index in [9.17, 15) is 9.59 Å². The van der Waals surface area contributed by atoms with E-state index < -0.39 is 5.97 Å². The molecule has 2 aromatic rings. The van der Waals surface area contributed by atoms with Gasteiger partial charge in [0, 0.05) is 11.3 Å². The number of hydrogen-bond donors (Lipinski definition) is 2. The first-order chi connectivity index (χ1) is 12.6. The lowest BCUT2D eigenvalue weighted by atomic mass is 10.1. The van der Waals surface area contributed by atoms with Crippen LogP contribution in [-0.4, -0.2) is 23.6 Å². The van der Waals surface area contributed by atoms with Crippen molar-refractivity contribution in [1.29, 1.82) is 0 Å². The predicted octanol–water partition coefficient (Wildman–Crippen LogP) is 4.99. The zero-order valence-electron chi connectivity index (χ0n) is 15.0. The van der Waals surface area contributed by atoms with Crippen LogP contribution in [0.4, 0.5) is 5.69 Å². The average Bonchev–Trinajstić information content (AvgIpc) is 2.65. The Bertz CT molecular complexity index is 708. The Morgan fingerprint density at radius 1 is 0.885 bits per heavy atom. The molecule has 2 aromatic carbocycles. The van der Waals surface area contributed by atoms with Crippen molar-refractivity contribution in [1.82, 2.24) is 0 Å². The molecule has 0 aliphatic heterocycles. The van der Waals surface area contributed by atoms with Gasteiger partial charge in [-0.1, -0.05) is 32.6 Å². The number of amides is 1. The highest BCUT2D eigenvalue weighted by atomic mass is 16.5. The fourth-order valence-electron chi connectivity index (χ4n) is 2.50. The molecular formula is C21H25NO4. The Hall–Kier alpha value is -2.82. The molecule has 0 aliphatic carbocycles. The van der Waals surface area contributed by atoms with Crippen LogP contribution in [0.15, 0.2) is 48.5 Å². The molecule has 5 nitrogen and oxygen atoms in total. The van der Waals surface area contributed by atoms with Gasteiger partial charge in [-0.2, -0.15) is 0 Å². The highest BCUT2D eigenvalue weighted by molar-refractivity contribution is 6.04. The average molecular weight is 355 g/mol. The van der Waals surface area contributed by atoms with Crippen LogP contribution in [0.25, 0.3) is 0 Å². The summed E-state index contributed by atoms with van der Waals surface area (Å²) in [4.78, 5) is 23.1. The number of carboxylic acids is 1. The minimum atomic E-state index is -0.996. The van der Waals surface area contributed by atoms with E-state index in [1.54, 1.807) is 36.4 Å². The van der Waals surface area contributed by atoms with Crippen molar-refractivity contribution < 1.29 is 19.4 Å². The van der Waals surface area contributed by atoms with E-state index in [2.05, 4.69) is 12.2 Å². The minimum Gasteiger partial charge on any atom is -0.494 e. The normalized spacial score (nSPS) is 10.3. The van der Waals surface area contributed by atoms with Gasteiger partial charge in [0.05, 0.1) is 12.2 Å². The first kappa shape index (κ1) is 19.5. The van der Waals surface area contributed by atoms with Crippen LogP contribution >= 0.6 is 0 Å². The second-order valence-electron chi connectivity index (χ2n) is 6.12. The molecule has 0 unspecified atom stereocenters. The molecule has 0 aromatic heterocycles. The van der Waals surface area contributed by atoms with Crippen molar-refractivity contribution in [3.05, 3.63) is 59.7 Å². The molecule has 0 spiro atoms. The van der Waals surface area contributed by atoms with E-state index >= 15 is 0 Å². The van der Waals surface area contributed by atoms with Crippen molar-refractivity contribution in [2.24, 2.45) is 0 Å². The number of ether oxygens (including phenoxy) is 1. The van der Waals surface area contributed by atoms with Crippen LogP contribution in [0, 0.1) is 0 Å². The summed E-state index contributed by atoms with van der Waals surface area (Å²) in [5.41, 5.74) is 1.24. The van der Waals surface area contributed by atoms with Gasteiger partial charge in [0.1, 0.15) is 5.75 Å². The van der Waals surface area contributed by atoms with Crippen molar-refractivity contribution in [3.63, 3.8) is 0 Å². The van der Waals surface area contributed by atoms with Gasteiger partial charge in [0.2, 0.25) is 0 Å². The van der Waals surface area contributed by atoms with Gasteiger partial charge in [-0.15, -0.1) is 0 Å². The number of unbranched alkanes of at least 4 members (excludes halogenated alkanes) is 4. The number of nitrogens with one attached hydrogen (secondary N) is 1. The van der Waals surface area contributed by atoms with Crippen molar-refractivity contribution in [3.8, 4) is 5.75 Å². The second-order valence-corrected chi connectivity index (χ2v) is 6.12. The second kappa shape index (κ2) is 10.2. The standard InChI is InChI=1S/C21H25NO4/c1-2-3-4-5-6-15-26-19-13-9-16(10-14-19)20(23)22-18-11-7-17(8-12-18)21(24)25/h7-14H,2-6,15H2,1H3,(H,22,23)(H,24,25).